The maximum atomic E-state index is 10.2. The van der Waals surface area contributed by atoms with Gasteiger partial charge in [-0.2, -0.15) is 0 Å². The molecule has 1 saturated carbocycles. The molecule has 1 aliphatic carbocycles. The number of benzene rings is 1. The van der Waals surface area contributed by atoms with E-state index in [0.717, 1.165) is 22.2 Å². The Labute approximate surface area is 110 Å². The molecule has 1 aromatic carbocycles. The van der Waals surface area contributed by atoms with Gasteiger partial charge >= 0.3 is 0 Å². The van der Waals surface area contributed by atoms with E-state index >= 15 is 0 Å². The largest absolute Gasteiger partial charge is 0.490 e. The van der Waals surface area contributed by atoms with Crippen LogP contribution in [0.4, 0.5) is 0 Å². The van der Waals surface area contributed by atoms with Gasteiger partial charge in [-0.05, 0) is 30.9 Å². The monoisotopic (exact) mass is 296 g/mol. The van der Waals surface area contributed by atoms with E-state index in [1.807, 2.05) is 18.2 Å². The minimum absolute atomic E-state index is 0.203. The van der Waals surface area contributed by atoms with Gasteiger partial charge < -0.3 is 9.84 Å². The minimum atomic E-state index is -0.363. The molecule has 2 nitrogen and oxygen atoms in total. The highest BCUT2D eigenvalue weighted by Crippen LogP contribution is 2.41. The summed E-state index contributed by atoms with van der Waals surface area (Å²) in [5, 5.41) is 10.2. The van der Waals surface area contributed by atoms with Crippen LogP contribution in [-0.4, -0.2) is 11.2 Å². The molecule has 0 radical (unpaired) electrons. The standard InChI is InChI=1S/C14H17BrO2/c15-10-5-6-11-12(16)8-13(17-14(11)7-10)9-3-1-2-4-9/h5-7,9,12-13,16H,1-4,8H2/t12-,13?/m1/s1. The highest BCUT2D eigenvalue weighted by atomic mass is 79.9. The van der Waals surface area contributed by atoms with Crippen LogP contribution in [0.25, 0.3) is 0 Å². The Morgan fingerprint density at radius 1 is 1.24 bits per heavy atom. The van der Waals surface area contributed by atoms with Crippen molar-refractivity contribution in [2.75, 3.05) is 0 Å². The van der Waals surface area contributed by atoms with Gasteiger partial charge in [-0.15, -0.1) is 0 Å². The molecule has 92 valence electrons. The molecule has 2 aliphatic rings. The predicted molar refractivity (Wildman–Crippen MR) is 70.1 cm³/mol. The first-order valence-electron chi connectivity index (χ1n) is 6.38. The summed E-state index contributed by atoms with van der Waals surface area (Å²) in [6.45, 7) is 0. The van der Waals surface area contributed by atoms with E-state index in [1.165, 1.54) is 25.7 Å². The van der Waals surface area contributed by atoms with Crippen LogP contribution in [-0.2, 0) is 0 Å². The molecule has 1 N–H and O–H groups in total. The van der Waals surface area contributed by atoms with Gasteiger partial charge in [0, 0.05) is 16.5 Å². The van der Waals surface area contributed by atoms with Gasteiger partial charge in [-0.3, -0.25) is 0 Å². The zero-order valence-corrected chi connectivity index (χ0v) is 11.3. The van der Waals surface area contributed by atoms with Crippen molar-refractivity contribution in [2.45, 2.75) is 44.3 Å². The van der Waals surface area contributed by atoms with E-state index in [1.54, 1.807) is 0 Å². The molecule has 0 bridgehead atoms. The molecule has 0 saturated heterocycles. The fourth-order valence-electron chi connectivity index (χ4n) is 3.06. The first kappa shape index (κ1) is 11.5. The fraction of sp³-hybridized carbons (Fsp3) is 0.571. The second kappa shape index (κ2) is 4.62. The quantitative estimate of drug-likeness (QED) is 0.853. The summed E-state index contributed by atoms with van der Waals surface area (Å²) < 4.78 is 7.09. The topological polar surface area (TPSA) is 29.5 Å². The Kier molecular flexibility index (Phi) is 3.14. The third kappa shape index (κ3) is 2.23. The van der Waals surface area contributed by atoms with Crippen LogP contribution >= 0.6 is 15.9 Å². The van der Waals surface area contributed by atoms with E-state index in [4.69, 9.17) is 4.74 Å². The Bertz CT molecular complexity index is 413. The molecule has 3 rings (SSSR count). The van der Waals surface area contributed by atoms with Crippen LogP contribution in [0, 0.1) is 5.92 Å². The van der Waals surface area contributed by atoms with Gasteiger partial charge in [0.2, 0.25) is 0 Å². The first-order valence-corrected chi connectivity index (χ1v) is 7.17. The third-order valence-electron chi connectivity index (χ3n) is 3.99. The maximum Gasteiger partial charge on any atom is 0.126 e. The molecule has 0 aromatic heterocycles. The average molecular weight is 297 g/mol. The van der Waals surface area contributed by atoms with Crippen molar-refractivity contribution in [3.8, 4) is 5.75 Å². The molecular weight excluding hydrogens is 280 g/mol. The number of fused-ring (bicyclic) bond motifs is 1. The molecule has 1 aliphatic heterocycles. The summed E-state index contributed by atoms with van der Waals surface area (Å²) in [4.78, 5) is 0. The number of hydrogen-bond donors (Lipinski definition) is 1. The predicted octanol–water partition coefficient (Wildman–Crippen LogP) is 3.82. The van der Waals surface area contributed by atoms with Crippen LogP contribution in [0.3, 0.4) is 0 Å². The first-order chi connectivity index (χ1) is 8.24. The number of aliphatic hydroxyl groups is 1. The summed E-state index contributed by atoms with van der Waals surface area (Å²) in [6.07, 6.45) is 5.71. The lowest BCUT2D eigenvalue weighted by atomic mass is 9.90. The zero-order chi connectivity index (χ0) is 11.8. The number of hydrogen-bond acceptors (Lipinski definition) is 2. The summed E-state index contributed by atoms with van der Waals surface area (Å²) in [5.74, 6) is 1.49. The van der Waals surface area contributed by atoms with Crippen molar-refractivity contribution in [3.05, 3.63) is 28.2 Å². The molecule has 0 amide bonds. The Hall–Kier alpha value is -0.540. The highest BCUT2D eigenvalue weighted by Gasteiger charge is 2.33. The van der Waals surface area contributed by atoms with Gasteiger partial charge in [0.05, 0.1) is 6.10 Å². The number of ether oxygens (including phenoxy) is 1. The second-order valence-corrected chi connectivity index (χ2v) is 6.05. The van der Waals surface area contributed by atoms with Crippen LogP contribution in [0.2, 0.25) is 0 Å². The highest BCUT2D eigenvalue weighted by molar-refractivity contribution is 9.10. The second-order valence-electron chi connectivity index (χ2n) is 5.13. The van der Waals surface area contributed by atoms with E-state index in [9.17, 15) is 5.11 Å². The molecule has 2 atom stereocenters. The van der Waals surface area contributed by atoms with Crippen molar-refractivity contribution in [2.24, 2.45) is 5.92 Å². The van der Waals surface area contributed by atoms with Crippen LogP contribution in [0.5, 0.6) is 5.75 Å². The van der Waals surface area contributed by atoms with Gasteiger partial charge in [0.1, 0.15) is 11.9 Å². The van der Waals surface area contributed by atoms with E-state index < -0.39 is 0 Å². The fourth-order valence-corrected chi connectivity index (χ4v) is 3.40. The van der Waals surface area contributed by atoms with Crippen molar-refractivity contribution < 1.29 is 9.84 Å². The van der Waals surface area contributed by atoms with Crippen molar-refractivity contribution in [3.63, 3.8) is 0 Å². The summed E-state index contributed by atoms with van der Waals surface area (Å²) in [6, 6.07) is 5.88. The number of halogens is 1. The van der Waals surface area contributed by atoms with Crippen LogP contribution < -0.4 is 4.74 Å². The van der Waals surface area contributed by atoms with E-state index in [-0.39, 0.29) is 12.2 Å². The molecule has 1 aromatic rings. The smallest absolute Gasteiger partial charge is 0.126 e. The van der Waals surface area contributed by atoms with Crippen molar-refractivity contribution in [1.82, 2.24) is 0 Å². The summed E-state index contributed by atoms with van der Waals surface area (Å²) in [5.41, 5.74) is 0.933. The SMILES string of the molecule is O[C@@H]1CC(C2CCCC2)Oc2cc(Br)ccc21. The van der Waals surface area contributed by atoms with E-state index in [2.05, 4.69) is 15.9 Å². The summed E-state index contributed by atoms with van der Waals surface area (Å²) in [7, 11) is 0. The zero-order valence-electron chi connectivity index (χ0n) is 9.73. The number of aliphatic hydroxyl groups excluding tert-OH is 1. The lowest BCUT2D eigenvalue weighted by Gasteiger charge is -2.33. The summed E-state index contributed by atoms with van der Waals surface area (Å²) >= 11 is 3.45. The number of rotatable bonds is 1. The normalized spacial score (nSPS) is 28.8. The van der Waals surface area contributed by atoms with Gasteiger partial charge in [-0.1, -0.05) is 34.8 Å². The Morgan fingerprint density at radius 2 is 2.00 bits per heavy atom. The van der Waals surface area contributed by atoms with E-state index in [0.29, 0.717) is 5.92 Å². The van der Waals surface area contributed by atoms with Gasteiger partial charge in [0.15, 0.2) is 0 Å². The maximum absolute atomic E-state index is 10.2. The van der Waals surface area contributed by atoms with Gasteiger partial charge in [0.25, 0.3) is 0 Å². The van der Waals surface area contributed by atoms with Crippen molar-refractivity contribution in [1.29, 1.82) is 0 Å². The Morgan fingerprint density at radius 3 is 2.76 bits per heavy atom. The molecule has 3 heteroatoms. The molecule has 1 unspecified atom stereocenters. The van der Waals surface area contributed by atoms with Crippen LogP contribution in [0.15, 0.2) is 22.7 Å². The minimum Gasteiger partial charge on any atom is -0.490 e. The lowest BCUT2D eigenvalue weighted by molar-refractivity contribution is 0.0355. The van der Waals surface area contributed by atoms with Crippen molar-refractivity contribution >= 4 is 15.9 Å². The molecule has 17 heavy (non-hydrogen) atoms. The Balaban J connectivity index is 1.85. The molecule has 1 heterocycles. The molecule has 0 spiro atoms. The van der Waals surface area contributed by atoms with Gasteiger partial charge in [-0.25, -0.2) is 0 Å². The third-order valence-corrected chi connectivity index (χ3v) is 4.49. The molecular formula is C14H17BrO2. The lowest BCUT2D eigenvalue weighted by Crippen LogP contribution is -2.31. The molecule has 1 fully saturated rings. The average Bonchev–Trinajstić information content (AvgIpc) is 2.81. The van der Waals surface area contributed by atoms with Crippen LogP contribution in [0.1, 0.15) is 43.8 Å².